The molecule has 0 aliphatic carbocycles. The molecule has 0 spiro atoms. The highest BCUT2D eigenvalue weighted by Crippen LogP contribution is 2.36. The Morgan fingerprint density at radius 1 is 1.24 bits per heavy atom. The average molecular weight is 348 g/mol. The fourth-order valence-electron chi connectivity index (χ4n) is 3.87. The quantitative estimate of drug-likeness (QED) is 0.843. The van der Waals surface area contributed by atoms with Crippen LogP contribution in [0.15, 0.2) is 6.07 Å². The number of methoxy groups -OCH3 is 1. The van der Waals surface area contributed by atoms with Gasteiger partial charge >= 0.3 is 5.97 Å². The van der Waals surface area contributed by atoms with Gasteiger partial charge in [-0.2, -0.15) is 4.98 Å². The fourth-order valence-corrected chi connectivity index (χ4v) is 3.87. The Morgan fingerprint density at radius 2 is 1.96 bits per heavy atom. The molecule has 1 atom stereocenters. The van der Waals surface area contributed by atoms with Crippen LogP contribution in [0.5, 0.6) is 0 Å². The van der Waals surface area contributed by atoms with Crippen LogP contribution in [0.25, 0.3) is 0 Å². The second kappa shape index (κ2) is 7.56. The Hall–Kier alpha value is -1.89. The minimum absolute atomic E-state index is 0.460. The van der Waals surface area contributed by atoms with Crippen molar-refractivity contribution >= 4 is 17.7 Å². The molecule has 0 aromatic carbocycles. The summed E-state index contributed by atoms with van der Waals surface area (Å²) < 4.78 is 5.15. The van der Waals surface area contributed by atoms with Crippen LogP contribution in [-0.4, -0.2) is 60.9 Å². The van der Waals surface area contributed by atoms with Crippen LogP contribution in [0, 0.1) is 12.3 Å². The molecule has 1 N–H and O–H groups in total. The standard InChI is InChI=1S/C18H28N4O3/c1-14-12-15(20-17(19-14)21-8-3-4-9-21)22-10-5-6-18(13-22,16(23)24)7-11-25-2/h12H,3-11,13H2,1-2H3,(H,23,24)/t18-/m0/s1. The number of piperidine rings is 1. The number of aryl methyl sites for hydroxylation is 1. The SMILES string of the molecule is COCC[C@@]1(C(=O)O)CCCN(c2cc(C)nc(N3CCCC3)n2)C1. The Kier molecular flexibility index (Phi) is 5.42. The summed E-state index contributed by atoms with van der Waals surface area (Å²) in [5.74, 6) is 0.882. The van der Waals surface area contributed by atoms with E-state index in [4.69, 9.17) is 9.72 Å². The molecule has 1 aromatic rings. The summed E-state index contributed by atoms with van der Waals surface area (Å²) in [5, 5.41) is 9.84. The number of ether oxygens (including phenoxy) is 1. The molecular weight excluding hydrogens is 320 g/mol. The van der Waals surface area contributed by atoms with Crippen molar-refractivity contribution in [3.63, 3.8) is 0 Å². The molecule has 0 bridgehead atoms. The first-order chi connectivity index (χ1) is 12.0. The highest BCUT2D eigenvalue weighted by Gasteiger charge is 2.42. The molecule has 2 fully saturated rings. The normalized spacial score (nSPS) is 23.9. The first-order valence-electron chi connectivity index (χ1n) is 9.12. The smallest absolute Gasteiger partial charge is 0.311 e. The number of carboxylic acid groups (broad SMARTS) is 1. The van der Waals surface area contributed by atoms with Crippen LogP contribution >= 0.6 is 0 Å². The number of aromatic nitrogens is 2. The number of aliphatic carboxylic acids is 1. The van der Waals surface area contributed by atoms with Gasteiger partial charge in [-0.1, -0.05) is 0 Å². The van der Waals surface area contributed by atoms with Crippen LogP contribution in [0.1, 0.15) is 37.8 Å². The highest BCUT2D eigenvalue weighted by atomic mass is 16.5. The minimum atomic E-state index is -0.763. The molecule has 0 amide bonds. The number of anilines is 2. The zero-order chi connectivity index (χ0) is 17.9. The largest absolute Gasteiger partial charge is 0.481 e. The highest BCUT2D eigenvalue weighted by molar-refractivity contribution is 5.76. The number of nitrogens with zero attached hydrogens (tertiary/aromatic N) is 4. The second-order valence-corrected chi connectivity index (χ2v) is 7.22. The summed E-state index contributed by atoms with van der Waals surface area (Å²) in [6.07, 6.45) is 4.41. The van der Waals surface area contributed by atoms with Gasteiger partial charge in [0.25, 0.3) is 0 Å². The molecule has 3 rings (SSSR count). The van der Waals surface area contributed by atoms with E-state index in [-0.39, 0.29) is 0 Å². The molecule has 0 saturated carbocycles. The number of carboxylic acids is 1. The summed E-state index contributed by atoms with van der Waals surface area (Å²) in [6, 6.07) is 1.97. The predicted octanol–water partition coefficient (Wildman–Crippen LogP) is 2.09. The third-order valence-corrected chi connectivity index (χ3v) is 5.36. The van der Waals surface area contributed by atoms with Crippen molar-refractivity contribution in [2.45, 2.75) is 39.0 Å². The van der Waals surface area contributed by atoms with Crippen LogP contribution in [0.3, 0.4) is 0 Å². The summed E-state index contributed by atoms with van der Waals surface area (Å²) >= 11 is 0. The second-order valence-electron chi connectivity index (χ2n) is 7.22. The maximum absolute atomic E-state index is 12.0. The minimum Gasteiger partial charge on any atom is -0.481 e. The molecule has 138 valence electrons. The first kappa shape index (κ1) is 17.9. The summed E-state index contributed by atoms with van der Waals surface area (Å²) in [7, 11) is 1.62. The molecule has 0 unspecified atom stereocenters. The van der Waals surface area contributed by atoms with E-state index < -0.39 is 11.4 Å². The molecule has 7 heteroatoms. The average Bonchev–Trinajstić information content (AvgIpc) is 3.14. The number of carbonyl (C=O) groups is 1. The van der Waals surface area contributed by atoms with Gasteiger partial charge in [-0.15, -0.1) is 0 Å². The van der Waals surface area contributed by atoms with E-state index in [9.17, 15) is 9.90 Å². The van der Waals surface area contributed by atoms with Gasteiger partial charge < -0.3 is 19.6 Å². The van der Waals surface area contributed by atoms with E-state index in [0.717, 1.165) is 43.5 Å². The van der Waals surface area contributed by atoms with Crippen molar-refractivity contribution < 1.29 is 14.6 Å². The fraction of sp³-hybridized carbons (Fsp3) is 0.722. The summed E-state index contributed by atoms with van der Waals surface area (Å²) in [5.41, 5.74) is 0.163. The number of hydrogen-bond acceptors (Lipinski definition) is 6. The molecule has 3 heterocycles. The van der Waals surface area contributed by atoms with Crippen LogP contribution in [-0.2, 0) is 9.53 Å². The van der Waals surface area contributed by atoms with Gasteiger partial charge in [-0.25, -0.2) is 4.98 Å². The van der Waals surface area contributed by atoms with E-state index in [1.807, 2.05) is 13.0 Å². The van der Waals surface area contributed by atoms with Crippen LogP contribution < -0.4 is 9.80 Å². The molecule has 1 aromatic heterocycles. The maximum atomic E-state index is 12.0. The molecule has 2 saturated heterocycles. The first-order valence-corrected chi connectivity index (χ1v) is 9.12. The van der Waals surface area contributed by atoms with Gasteiger partial charge in [-0.05, 0) is 39.0 Å². The van der Waals surface area contributed by atoms with E-state index >= 15 is 0 Å². The number of hydrogen-bond donors (Lipinski definition) is 1. The van der Waals surface area contributed by atoms with E-state index in [1.54, 1.807) is 7.11 Å². The number of rotatable bonds is 6. The summed E-state index contributed by atoms with van der Waals surface area (Å²) in [6.45, 7) is 5.73. The lowest BCUT2D eigenvalue weighted by Crippen LogP contribution is -2.49. The van der Waals surface area contributed by atoms with Crippen LogP contribution in [0.2, 0.25) is 0 Å². The van der Waals surface area contributed by atoms with Gasteiger partial charge in [0, 0.05) is 51.7 Å². The molecule has 7 nitrogen and oxygen atoms in total. The van der Waals surface area contributed by atoms with Gasteiger partial charge in [0.15, 0.2) is 0 Å². The summed E-state index contributed by atoms with van der Waals surface area (Å²) in [4.78, 5) is 25.7. The third-order valence-electron chi connectivity index (χ3n) is 5.36. The Balaban J connectivity index is 1.84. The monoisotopic (exact) mass is 348 g/mol. The van der Waals surface area contributed by atoms with Crippen molar-refractivity contribution in [2.75, 3.05) is 49.7 Å². The zero-order valence-electron chi connectivity index (χ0n) is 15.2. The zero-order valence-corrected chi connectivity index (χ0v) is 15.2. The van der Waals surface area contributed by atoms with E-state index in [1.165, 1.54) is 12.8 Å². The van der Waals surface area contributed by atoms with E-state index in [0.29, 0.717) is 26.0 Å². The Morgan fingerprint density at radius 3 is 2.64 bits per heavy atom. The lowest BCUT2D eigenvalue weighted by Gasteiger charge is -2.40. The lowest BCUT2D eigenvalue weighted by atomic mass is 9.77. The molecule has 2 aliphatic rings. The van der Waals surface area contributed by atoms with Gasteiger partial charge in [0.05, 0.1) is 5.41 Å². The Labute approximate surface area is 149 Å². The van der Waals surface area contributed by atoms with Crippen LogP contribution in [0.4, 0.5) is 11.8 Å². The van der Waals surface area contributed by atoms with Gasteiger partial charge in [-0.3, -0.25) is 4.79 Å². The molecular formula is C18H28N4O3. The van der Waals surface area contributed by atoms with Crippen molar-refractivity contribution in [3.8, 4) is 0 Å². The molecule has 0 radical (unpaired) electrons. The lowest BCUT2D eigenvalue weighted by molar-refractivity contribution is -0.150. The van der Waals surface area contributed by atoms with Crippen molar-refractivity contribution in [2.24, 2.45) is 5.41 Å². The van der Waals surface area contributed by atoms with Gasteiger partial charge in [0.2, 0.25) is 5.95 Å². The Bertz CT molecular complexity index is 618. The van der Waals surface area contributed by atoms with Gasteiger partial charge in [0.1, 0.15) is 5.82 Å². The van der Waals surface area contributed by atoms with Crippen molar-refractivity contribution in [1.29, 1.82) is 0 Å². The maximum Gasteiger partial charge on any atom is 0.311 e. The van der Waals surface area contributed by atoms with Crippen molar-refractivity contribution in [3.05, 3.63) is 11.8 Å². The van der Waals surface area contributed by atoms with E-state index in [2.05, 4.69) is 14.8 Å². The molecule has 25 heavy (non-hydrogen) atoms. The third kappa shape index (κ3) is 3.86. The predicted molar refractivity (Wildman–Crippen MR) is 96.2 cm³/mol. The van der Waals surface area contributed by atoms with Crippen molar-refractivity contribution in [1.82, 2.24) is 9.97 Å². The molecule has 2 aliphatic heterocycles. The topological polar surface area (TPSA) is 78.8 Å².